The van der Waals surface area contributed by atoms with E-state index in [-0.39, 0.29) is 23.5 Å². The average Bonchev–Trinajstić information content (AvgIpc) is 3.20. The molecule has 0 unspecified atom stereocenters. The molecule has 6 nitrogen and oxygen atoms in total. The van der Waals surface area contributed by atoms with Gasteiger partial charge in [-0.2, -0.15) is 0 Å². The van der Waals surface area contributed by atoms with Crippen molar-refractivity contribution in [3.05, 3.63) is 54.2 Å². The van der Waals surface area contributed by atoms with Crippen LogP contribution in [0.4, 0.5) is 14.9 Å². The van der Waals surface area contributed by atoms with Gasteiger partial charge in [0.1, 0.15) is 11.6 Å². The van der Waals surface area contributed by atoms with Crippen LogP contribution in [-0.4, -0.2) is 29.9 Å². The van der Waals surface area contributed by atoms with E-state index in [4.69, 9.17) is 4.42 Å². The summed E-state index contributed by atoms with van der Waals surface area (Å²) in [6, 6.07) is 9.59. The third-order valence-corrected chi connectivity index (χ3v) is 4.73. The summed E-state index contributed by atoms with van der Waals surface area (Å²) in [6.07, 6.45) is 4.44. The Kier molecular flexibility index (Phi) is 6.46. The molecular weight excluding hydrogens is 349 g/mol. The first-order chi connectivity index (χ1) is 13.1. The summed E-state index contributed by atoms with van der Waals surface area (Å²) < 4.78 is 18.8. The summed E-state index contributed by atoms with van der Waals surface area (Å²) in [5, 5.41) is 5.45. The predicted molar refractivity (Wildman–Crippen MR) is 99.5 cm³/mol. The van der Waals surface area contributed by atoms with Crippen molar-refractivity contribution in [3.8, 4) is 0 Å². The molecule has 1 aromatic heterocycles. The molecule has 0 bridgehead atoms. The number of nitrogens with one attached hydrogen (secondary N) is 2. The minimum atomic E-state index is -0.442. The smallest absolute Gasteiger partial charge is 0.317 e. The largest absolute Gasteiger partial charge is 0.467 e. The fraction of sp³-hybridized carbons (Fsp3) is 0.400. The van der Waals surface area contributed by atoms with Crippen molar-refractivity contribution < 1.29 is 18.4 Å². The molecule has 2 aromatic rings. The molecule has 27 heavy (non-hydrogen) atoms. The minimum Gasteiger partial charge on any atom is -0.467 e. The van der Waals surface area contributed by atoms with Crippen molar-refractivity contribution in [2.45, 2.75) is 32.2 Å². The number of furan rings is 1. The number of piperidine rings is 1. The predicted octanol–water partition coefficient (Wildman–Crippen LogP) is 3.76. The molecule has 144 valence electrons. The van der Waals surface area contributed by atoms with Crippen LogP contribution in [0.3, 0.4) is 0 Å². The van der Waals surface area contributed by atoms with E-state index in [0.29, 0.717) is 38.2 Å². The Morgan fingerprint density at radius 2 is 2.07 bits per heavy atom. The SMILES string of the molecule is O=C(CC[C@@H]1CCCN(C(=O)NCc2ccco2)C1)Nc1ccccc1F. The number of amides is 3. The average molecular weight is 373 g/mol. The van der Waals surface area contributed by atoms with Crippen molar-refractivity contribution in [1.29, 1.82) is 0 Å². The van der Waals surface area contributed by atoms with Crippen molar-refractivity contribution in [1.82, 2.24) is 10.2 Å². The number of hydrogen-bond acceptors (Lipinski definition) is 3. The number of rotatable bonds is 6. The number of hydrogen-bond donors (Lipinski definition) is 2. The molecule has 0 spiro atoms. The van der Waals surface area contributed by atoms with Gasteiger partial charge in [0, 0.05) is 19.5 Å². The van der Waals surface area contributed by atoms with Crippen LogP contribution in [0.15, 0.2) is 47.1 Å². The van der Waals surface area contributed by atoms with E-state index in [2.05, 4.69) is 10.6 Å². The molecule has 1 fully saturated rings. The van der Waals surface area contributed by atoms with Gasteiger partial charge >= 0.3 is 6.03 Å². The highest BCUT2D eigenvalue weighted by atomic mass is 19.1. The normalized spacial score (nSPS) is 16.8. The van der Waals surface area contributed by atoms with Crippen molar-refractivity contribution in [2.75, 3.05) is 18.4 Å². The first kappa shape index (κ1) is 18.9. The van der Waals surface area contributed by atoms with Crippen LogP contribution in [0.2, 0.25) is 0 Å². The van der Waals surface area contributed by atoms with Crippen molar-refractivity contribution in [2.24, 2.45) is 5.92 Å². The molecule has 1 aliphatic rings. The number of carbonyl (C=O) groups is 2. The first-order valence-corrected chi connectivity index (χ1v) is 9.21. The highest BCUT2D eigenvalue weighted by Crippen LogP contribution is 2.22. The molecule has 0 radical (unpaired) electrons. The monoisotopic (exact) mass is 373 g/mol. The van der Waals surface area contributed by atoms with E-state index in [1.54, 1.807) is 35.4 Å². The number of anilines is 1. The van der Waals surface area contributed by atoms with E-state index in [0.717, 1.165) is 12.8 Å². The highest BCUT2D eigenvalue weighted by Gasteiger charge is 2.24. The lowest BCUT2D eigenvalue weighted by atomic mass is 9.93. The third kappa shape index (κ3) is 5.57. The van der Waals surface area contributed by atoms with E-state index in [1.807, 2.05) is 6.07 Å². The summed E-state index contributed by atoms with van der Waals surface area (Å²) in [5.41, 5.74) is 0.199. The molecule has 2 heterocycles. The maximum Gasteiger partial charge on any atom is 0.317 e. The molecule has 3 rings (SSSR count). The van der Waals surface area contributed by atoms with E-state index < -0.39 is 5.82 Å². The lowest BCUT2D eigenvalue weighted by Crippen LogP contribution is -2.45. The van der Waals surface area contributed by atoms with Crippen LogP contribution in [-0.2, 0) is 11.3 Å². The van der Waals surface area contributed by atoms with E-state index in [1.165, 1.54) is 6.07 Å². The lowest BCUT2D eigenvalue weighted by molar-refractivity contribution is -0.116. The molecule has 3 amide bonds. The lowest BCUT2D eigenvalue weighted by Gasteiger charge is -2.32. The second-order valence-corrected chi connectivity index (χ2v) is 6.76. The molecule has 0 aliphatic carbocycles. The molecular formula is C20H24FN3O3. The van der Waals surface area contributed by atoms with Crippen molar-refractivity contribution in [3.63, 3.8) is 0 Å². The maximum absolute atomic E-state index is 13.6. The number of nitrogens with zero attached hydrogens (tertiary/aromatic N) is 1. The summed E-state index contributed by atoms with van der Waals surface area (Å²) in [6.45, 7) is 1.69. The fourth-order valence-electron chi connectivity index (χ4n) is 3.28. The zero-order valence-corrected chi connectivity index (χ0v) is 15.1. The van der Waals surface area contributed by atoms with Crippen molar-refractivity contribution >= 4 is 17.6 Å². The number of likely N-dealkylation sites (tertiary alicyclic amines) is 1. The van der Waals surface area contributed by atoms with Gasteiger partial charge in [0.25, 0.3) is 0 Å². The third-order valence-electron chi connectivity index (χ3n) is 4.73. The van der Waals surface area contributed by atoms with Crippen LogP contribution in [0.25, 0.3) is 0 Å². The van der Waals surface area contributed by atoms with Gasteiger partial charge in [-0.25, -0.2) is 9.18 Å². The Bertz CT molecular complexity index is 764. The Hall–Kier alpha value is -2.83. The second kappa shape index (κ2) is 9.21. The van der Waals surface area contributed by atoms with Gasteiger partial charge < -0.3 is 20.0 Å². The summed E-state index contributed by atoms with van der Waals surface area (Å²) in [7, 11) is 0. The zero-order chi connectivity index (χ0) is 19.1. The standard InChI is InChI=1S/C20H24FN3O3/c21-17-7-1-2-8-18(17)23-19(25)10-9-15-5-3-11-24(14-15)20(26)22-13-16-6-4-12-27-16/h1-2,4,6-8,12,15H,3,5,9-11,13-14H2,(H,22,26)(H,23,25)/t15-/m0/s1. The molecule has 1 atom stereocenters. The summed E-state index contributed by atoms with van der Waals surface area (Å²) in [4.78, 5) is 26.2. The van der Waals surface area contributed by atoms with Crippen LogP contribution in [0, 0.1) is 11.7 Å². The molecule has 2 N–H and O–H groups in total. The van der Waals surface area contributed by atoms with E-state index in [9.17, 15) is 14.0 Å². The summed E-state index contributed by atoms with van der Waals surface area (Å²) in [5.74, 6) is 0.323. The Morgan fingerprint density at radius 1 is 1.22 bits per heavy atom. The van der Waals surface area contributed by atoms with Gasteiger partial charge in [0.05, 0.1) is 18.5 Å². The molecule has 1 saturated heterocycles. The van der Waals surface area contributed by atoms with Gasteiger partial charge in [-0.3, -0.25) is 4.79 Å². The zero-order valence-electron chi connectivity index (χ0n) is 15.1. The first-order valence-electron chi connectivity index (χ1n) is 9.21. The van der Waals surface area contributed by atoms with Crippen LogP contribution >= 0.6 is 0 Å². The molecule has 1 aromatic carbocycles. The quantitative estimate of drug-likeness (QED) is 0.810. The Balaban J connectivity index is 1.42. The van der Waals surface area contributed by atoms with Gasteiger partial charge in [0.2, 0.25) is 5.91 Å². The van der Waals surface area contributed by atoms with E-state index >= 15 is 0 Å². The highest BCUT2D eigenvalue weighted by molar-refractivity contribution is 5.90. The van der Waals surface area contributed by atoms with Crippen LogP contribution in [0.1, 0.15) is 31.4 Å². The minimum absolute atomic E-state index is 0.119. The van der Waals surface area contributed by atoms with Gasteiger partial charge in [-0.1, -0.05) is 12.1 Å². The van der Waals surface area contributed by atoms with Gasteiger partial charge in [-0.15, -0.1) is 0 Å². The maximum atomic E-state index is 13.6. The number of para-hydroxylation sites is 1. The number of urea groups is 1. The number of halogens is 1. The second-order valence-electron chi connectivity index (χ2n) is 6.76. The summed E-state index contributed by atoms with van der Waals surface area (Å²) >= 11 is 0. The Morgan fingerprint density at radius 3 is 2.85 bits per heavy atom. The topological polar surface area (TPSA) is 74.6 Å². The van der Waals surface area contributed by atoms with Crippen LogP contribution < -0.4 is 10.6 Å². The van der Waals surface area contributed by atoms with Crippen LogP contribution in [0.5, 0.6) is 0 Å². The Labute approximate surface area is 157 Å². The molecule has 7 heteroatoms. The number of carbonyl (C=O) groups excluding carboxylic acids is 2. The molecule has 1 aliphatic heterocycles. The van der Waals surface area contributed by atoms with Gasteiger partial charge in [0.15, 0.2) is 0 Å². The fourth-order valence-corrected chi connectivity index (χ4v) is 3.28. The molecule has 0 saturated carbocycles. The number of benzene rings is 1. The van der Waals surface area contributed by atoms with Gasteiger partial charge in [-0.05, 0) is 49.4 Å².